The molecule has 1 N–H and O–H groups in total. The Morgan fingerprint density at radius 3 is 2.65 bits per heavy atom. The molecule has 2 aromatic carbocycles. The maximum absolute atomic E-state index is 6.47. The van der Waals surface area contributed by atoms with E-state index in [4.69, 9.17) is 11.6 Å². The van der Waals surface area contributed by atoms with Crippen LogP contribution in [0.4, 0.5) is 0 Å². The van der Waals surface area contributed by atoms with Gasteiger partial charge in [0.1, 0.15) is 0 Å². The fraction of sp³-hybridized carbons (Fsp3) is 0.294. The first-order valence-electron chi connectivity index (χ1n) is 6.87. The molecular formula is C17H19BrClN. The highest BCUT2D eigenvalue weighted by Gasteiger charge is 2.17. The second-order valence-corrected chi connectivity index (χ2v) is 6.18. The molecular weight excluding hydrogens is 334 g/mol. The Kier molecular flexibility index (Phi) is 5.64. The Labute approximate surface area is 134 Å². The summed E-state index contributed by atoms with van der Waals surface area (Å²) in [5, 5.41) is 4.37. The van der Waals surface area contributed by atoms with E-state index in [0.29, 0.717) is 0 Å². The van der Waals surface area contributed by atoms with Crippen LogP contribution in [0.3, 0.4) is 0 Å². The average molecular weight is 353 g/mol. The second-order valence-electron chi connectivity index (χ2n) is 4.94. The molecule has 1 nitrogen and oxygen atoms in total. The van der Waals surface area contributed by atoms with Crippen molar-refractivity contribution in [3.8, 4) is 0 Å². The van der Waals surface area contributed by atoms with E-state index in [2.05, 4.69) is 65.4 Å². The lowest BCUT2D eigenvalue weighted by Gasteiger charge is -2.21. The third-order valence-electron chi connectivity index (χ3n) is 3.27. The van der Waals surface area contributed by atoms with Crippen molar-refractivity contribution < 1.29 is 0 Å². The Bertz CT molecular complexity index is 583. The molecule has 0 bridgehead atoms. The van der Waals surface area contributed by atoms with Crippen LogP contribution >= 0.6 is 27.5 Å². The van der Waals surface area contributed by atoms with Gasteiger partial charge >= 0.3 is 0 Å². The number of benzene rings is 2. The minimum atomic E-state index is 0.125. The van der Waals surface area contributed by atoms with E-state index >= 15 is 0 Å². The normalized spacial score (nSPS) is 12.4. The van der Waals surface area contributed by atoms with Crippen molar-refractivity contribution in [1.82, 2.24) is 5.32 Å². The van der Waals surface area contributed by atoms with E-state index in [1.165, 1.54) is 11.1 Å². The summed E-state index contributed by atoms with van der Waals surface area (Å²) in [6, 6.07) is 14.8. The van der Waals surface area contributed by atoms with E-state index in [1.54, 1.807) is 0 Å². The van der Waals surface area contributed by atoms with Crippen LogP contribution < -0.4 is 5.32 Å². The van der Waals surface area contributed by atoms with Gasteiger partial charge in [0.2, 0.25) is 0 Å². The predicted octanol–water partition coefficient (Wildman–Crippen LogP) is 5.50. The van der Waals surface area contributed by atoms with Gasteiger partial charge in [0.05, 0.1) is 11.1 Å². The van der Waals surface area contributed by atoms with Crippen LogP contribution in [0.1, 0.15) is 36.1 Å². The van der Waals surface area contributed by atoms with Gasteiger partial charge in [0, 0.05) is 4.47 Å². The van der Waals surface area contributed by atoms with Gasteiger partial charge in [-0.2, -0.15) is 0 Å². The quantitative estimate of drug-likeness (QED) is 0.749. The van der Waals surface area contributed by atoms with Crippen LogP contribution in [0.2, 0.25) is 5.02 Å². The number of hydrogen-bond acceptors (Lipinski definition) is 1. The number of hydrogen-bond donors (Lipinski definition) is 1. The molecule has 0 heterocycles. The number of aryl methyl sites for hydroxylation is 1. The summed E-state index contributed by atoms with van der Waals surface area (Å²) in [6.07, 6.45) is 1.09. The topological polar surface area (TPSA) is 12.0 Å². The van der Waals surface area contributed by atoms with Crippen LogP contribution in [0.15, 0.2) is 46.9 Å². The third kappa shape index (κ3) is 3.63. The molecule has 0 aliphatic carbocycles. The van der Waals surface area contributed by atoms with E-state index < -0.39 is 0 Å². The standard InChI is InChI=1S/C17H19BrClN/c1-3-10-20-17(13-7-4-6-12(2)11-13)14-8-5-9-15(18)16(14)19/h4-9,11,17,20H,3,10H2,1-2H3. The molecule has 0 spiro atoms. The monoisotopic (exact) mass is 351 g/mol. The van der Waals surface area contributed by atoms with Gasteiger partial charge in [-0.1, -0.05) is 60.5 Å². The molecule has 3 heteroatoms. The van der Waals surface area contributed by atoms with Gasteiger partial charge in [-0.3, -0.25) is 0 Å². The largest absolute Gasteiger partial charge is 0.306 e. The first-order chi connectivity index (χ1) is 9.63. The van der Waals surface area contributed by atoms with Crippen molar-refractivity contribution in [2.45, 2.75) is 26.3 Å². The van der Waals surface area contributed by atoms with E-state index in [0.717, 1.165) is 28.0 Å². The second kappa shape index (κ2) is 7.26. The molecule has 0 radical (unpaired) electrons. The summed E-state index contributed by atoms with van der Waals surface area (Å²) >= 11 is 9.98. The van der Waals surface area contributed by atoms with Gasteiger partial charge in [0.25, 0.3) is 0 Å². The van der Waals surface area contributed by atoms with Gasteiger partial charge in [-0.05, 0) is 53.0 Å². The number of halogens is 2. The number of nitrogens with one attached hydrogen (secondary N) is 1. The average Bonchev–Trinajstić information content (AvgIpc) is 2.44. The van der Waals surface area contributed by atoms with Crippen LogP contribution in [-0.4, -0.2) is 6.54 Å². The maximum atomic E-state index is 6.47. The zero-order chi connectivity index (χ0) is 14.5. The fourth-order valence-corrected chi connectivity index (χ4v) is 2.91. The fourth-order valence-electron chi connectivity index (χ4n) is 2.29. The van der Waals surface area contributed by atoms with Crippen molar-refractivity contribution in [1.29, 1.82) is 0 Å². The molecule has 20 heavy (non-hydrogen) atoms. The summed E-state index contributed by atoms with van der Waals surface area (Å²) in [7, 11) is 0. The lowest BCUT2D eigenvalue weighted by Crippen LogP contribution is -2.23. The maximum Gasteiger partial charge on any atom is 0.0599 e. The first-order valence-corrected chi connectivity index (χ1v) is 8.04. The summed E-state index contributed by atoms with van der Waals surface area (Å²) in [4.78, 5) is 0. The van der Waals surface area contributed by atoms with Crippen LogP contribution in [0, 0.1) is 6.92 Å². The lowest BCUT2D eigenvalue weighted by atomic mass is 9.97. The van der Waals surface area contributed by atoms with Gasteiger partial charge in [-0.25, -0.2) is 0 Å². The van der Waals surface area contributed by atoms with Crippen LogP contribution in [0.25, 0.3) is 0 Å². The summed E-state index contributed by atoms with van der Waals surface area (Å²) in [6.45, 7) is 5.24. The number of rotatable bonds is 5. The Hall–Kier alpha value is -0.830. The molecule has 0 aromatic heterocycles. The van der Waals surface area contributed by atoms with Crippen LogP contribution in [-0.2, 0) is 0 Å². The molecule has 106 valence electrons. The molecule has 1 unspecified atom stereocenters. The Morgan fingerprint density at radius 1 is 1.20 bits per heavy atom. The molecule has 0 saturated carbocycles. The third-order valence-corrected chi connectivity index (χ3v) is 4.58. The van der Waals surface area contributed by atoms with Gasteiger partial charge in [-0.15, -0.1) is 0 Å². The summed E-state index contributed by atoms with van der Waals surface area (Å²) in [5.41, 5.74) is 3.62. The smallest absolute Gasteiger partial charge is 0.0599 e. The van der Waals surface area contributed by atoms with Crippen molar-refractivity contribution in [3.63, 3.8) is 0 Å². The molecule has 0 amide bonds. The van der Waals surface area contributed by atoms with Crippen molar-refractivity contribution >= 4 is 27.5 Å². The highest BCUT2D eigenvalue weighted by molar-refractivity contribution is 9.10. The molecule has 1 atom stereocenters. The highest BCUT2D eigenvalue weighted by Crippen LogP contribution is 2.33. The molecule has 0 fully saturated rings. The van der Waals surface area contributed by atoms with E-state index in [9.17, 15) is 0 Å². The zero-order valence-electron chi connectivity index (χ0n) is 11.8. The van der Waals surface area contributed by atoms with Crippen molar-refractivity contribution in [2.75, 3.05) is 6.54 Å². The first kappa shape index (κ1) is 15.6. The minimum absolute atomic E-state index is 0.125. The Morgan fingerprint density at radius 2 is 1.95 bits per heavy atom. The van der Waals surface area contributed by atoms with Crippen LogP contribution in [0.5, 0.6) is 0 Å². The highest BCUT2D eigenvalue weighted by atomic mass is 79.9. The van der Waals surface area contributed by atoms with E-state index in [1.807, 2.05) is 12.1 Å². The molecule has 0 saturated heterocycles. The molecule has 0 aliphatic rings. The SMILES string of the molecule is CCCNC(c1cccc(C)c1)c1cccc(Br)c1Cl. The summed E-state index contributed by atoms with van der Waals surface area (Å²) < 4.78 is 0.938. The minimum Gasteiger partial charge on any atom is -0.306 e. The molecule has 0 aliphatic heterocycles. The lowest BCUT2D eigenvalue weighted by molar-refractivity contribution is 0.598. The molecule has 2 aromatic rings. The zero-order valence-corrected chi connectivity index (χ0v) is 14.1. The van der Waals surface area contributed by atoms with Gasteiger partial charge in [0.15, 0.2) is 0 Å². The summed E-state index contributed by atoms with van der Waals surface area (Å²) in [5.74, 6) is 0. The van der Waals surface area contributed by atoms with Crippen molar-refractivity contribution in [2.24, 2.45) is 0 Å². The van der Waals surface area contributed by atoms with Crippen molar-refractivity contribution in [3.05, 3.63) is 68.7 Å². The Balaban J connectivity index is 2.44. The molecule has 2 rings (SSSR count). The van der Waals surface area contributed by atoms with E-state index in [-0.39, 0.29) is 6.04 Å². The predicted molar refractivity (Wildman–Crippen MR) is 90.5 cm³/mol. The van der Waals surface area contributed by atoms with Gasteiger partial charge < -0.3 is 5.32 Å².